The Kier molecular flexibility index (Phi) is 2.79. The molecular weight excluding hydrogens is 284 g/mol. The van der Waals surface area contributed by atoms with Crippen molar-refractivity contribution in [2.24, 2.45) is 5.92 Å². The van der Waals surface area contributed by atoms with E-state index in [4.69, 9.17) is 0 Å². The van der Waals surface area contributed by atoms with Gasteiger partial charge in [-0.05, 0) is 60.7 Å². The highest BCUT2D eigenvalue weighted by Crippen LogP contribution is 2.36. The molecule has 0 radical (unpaired) electrons. The maximum atomic E-state index is 12.8. The maximum absolute atomic E-state index is 12.8. The molecule has 1 aliphatic heterocycles. The van der Waals surface area contributed by atoms with Gasteiger partial charge >= 0.3 is 0 Å². The van der Waals surface area contributed by atoms with E-state index in [0.29, 0.717) is 5.92 Å². The number of hydrogen-bond acceptors (Lipinski definition) is 3. The average molecular weight is 300 g/mol. The summed E-state index contributed by atoms with van der Waals surface area (Å²) in [5, 5.41) is 6.04. The van der Waals surface area contributed by atoms with Gasteiger partial charge in [0.2, 0.25) is 5.91 Å². The molecule has 4 nitrogen and oxygen atoms in total. The lowest BCUT2D eigenvalue weighted by Crippen LogP contribution is -2.63. The van der Waals surface area contributed by atoms with E-state index < -0.39 is 6.04 Å². The number of hydrogen-bond donors (Lipinski definition) is 1. The quantitative estimate of drug-likeness (QED) is 0.926. The van der Waals surface area contributed by atoms with Crippen LogP contribution < -0.4 is 10.2 Å². The zero-order valence-corrected chi connectivity index (χ0v) is 12.5. The molecule has 1 aliphatic carbocycles. The largest absolute Gasteiger partial charge is 0.342 e. The molecule has 1 saturated carbocycles. The second kappa shape index (κ2) is 4.56. The minimum absolute atomic E-state index is 0.0270. The summed E-state index contributed by atoms with van der Waals surface area (Å²) in [5.41, 5.74) is 0.818. The second-order valence-corrected chi connectivity index (χ2v) is 6.80. The molecule has 2 heterocycles. The number of carbonyl (C=O) groups is 2. The molecule has 2 atom stereocenters. The van der Waals surface area contributed by atoms with Gasteiger partial charge in [-0.2, -0.15) is 0 Å². The van der Waals surface area contributed by atoms with Gasteiger partial charge in [-0.1, -0.05) is 0 Å². The number of carbonyl (C=O) groups excluding carboxylic acids is 2. The fourth-order valence-electron chi connectivity index (χ4n) is 3.00. The summed E-state index contributed by atoms with van der Waals surface area (Å²) in [6.45, 7) is 1.79. The summed E-state index contributed by atoms with van der Waals surface area (Å²) in [4.78, 5) is 26.6. The predicted octanol–water partition coefficient (Wildman–Crippen LogP) is 2.53. The summed E-state index contributed by atoms with van der Waals surface area (Å²) in [6.07, 6.45) is 2.06. The lowest BCUT2D eigenvalue weighted by atomic mass is 10.0. The molecule has 1 aromatic heterocycles. The first kappa shape index (κ1) is 12.8. The van der Waals surface area contributed by atoms with Crippen LogP contribution in [-0.2, 0) is 9.59 Å². The van der Waals surface area contributed by atoms with Gasteiger partial charge < -0.3 is 5.32 Å². The smallest absolute Gasteiger partial charge is 0.250 e. The van der Waals surface area contributed by atoms with E-state index in [9.17, 15) is 9.59 Å². The van der Waals surface area contributed by atoms with E-state index in [2.05, 4.69) is 5.32 Å². The summed E-state index contributed by atoms with van der Waals surface area (Å²) in [5.74, 6) is 0.289. The topological polar surface area (TPSA) is 49.4 Å². The molecule has 1 aromatic carbocycles. The van der Waals surface area contributed by atoms with Crippen LogP contribution in [0.15, 0.2) is 29.6 Å². The number of amides is 2. The van der Waals surface area contributed by atoms with Gasteiger partial charge in [-0.15, -0.1) is 11.3 Å². The number of benzene rings is 1. The zero-order valence-electron chi connectivity index (χ0n) is 11.7. The van der Waals surface area contributed by atoms with Crippen molar-refractivity contribution in [2.45, 2.75) is 31.8 Å². The molecule has 1 N–H and O–H groups in total. The highest BCUT2D eigenvalue weighted by Gasteiger charge is 2.45. The van der Waals surface area contributed by atoms with Gasteiger partial charge in [0, 0.05) is 10.4 Å². The highest BCUT2D eigenvalue weighted by atomic mass is 32.1. The standard InChI is InChI=1S/C16H16N2O2S/c1-9-15(19)17-14(10-2-3-10)16(20)18(9)12-4-5-13-11(8-12)6-7-21-13/h4-10,14H,2-3H2,1H3,(H,17,19). The monoisotopic (exact) mass is 300 g/mol. The molecule has 4 rings (SSSR count). The van der Waals surface area contributed by atoms with Gasteiger partial charge in [0.25, 0.3) is 5.91 Å². The Hall–Kier alpha value is -1.88. The number of nitrogens with one attached hydrogen (secondary N) is 1. The Bertz CT molecular complexity index is 735. The van der Waals surface area contributed by atoms with Crippen LogP contribution in [0.2, 0.25) is 0 Å². The normalized spacial score (nSPS) is 26.2. The van der Waals surface area contributed by atoms with Crippen LogP contribution in [0, 0.1) is 5.92 Å². The van der Waals surface area contributed by atoms with Crippen LogP contribution in [0.25, 0.3) is 10.1 Å². The number of thiophene rings is 1. The van der Waals surface area contributed by atoms with Gasteiger partial charge in [0.1, 0.15) is 12.1 Å². The number of anilines is 1. The molecule has 21 heavy (non-hydrogen) atoms. The molecule has 1 saturated heterocycles. The SMILES string of the molecule is CC1C(=O)NC(C2CC2)C(=O)N1c1ccc2sccc2c1. The van der Waals surface area contributed by atoms with Crippen LogP contribution in [0.3, 0.4) is 0 Å². The van der Waals surface area contributed by atoms with Crippen molar-refractivity contribution in [2.75, 3.05) is 4.90 Å². The molecule has 0 bridgehead atoms. The second-order valence-electron chi connectivity index (χ2n) is 5.85. The Morgan fingerprint density at radius 1 is 1.24 bits per heavy atom. The third-order valence-electron chi connectivity index (χ3n) is 4.38. The van der Waals surface area contributed by atoms with Crippen molar-refractivity contribution < 1.29 is 9.59 Å². The Balaban J connectivity index is 1.75. The highest BCUT2D eigenvalue weighted by molar-refractivity contribution is 7.17. The molecule has 2 aromatic rings. The summed E-state index contributed by atoms with van der Waals surface area (Å²) in [6, 6.07) is 7.21. The lowest BCUT2D eigenvalue weighted by Gasteiger charge is -2.37. The first-order valence-corrected chi connectivity index (χ1v) is 8.14. The first-order valence-electron chi connectivity index (χ1n) is 7.26. The lowest BCUT2D eigenvalue weighted by molar-refractivity contribution is -0.133. The molecule has 2 unspecified atom stereocenters. The fraction of sp³-hybridized carbons (Fsp3) is 0.375. The molecule has 2 fully saturated rings. The van der Waals surface area contributed by atoms with Crippen LogP contribution in [0.1, 0.15) is 19.8 Å². The third-order valence-corrected chi connectivity index (χ3v) is 5.27. The Morgan fingerprint density at radius 2 is 2.05 bits per heavy atom. The van der Waals surface area contributed by atoms with Crippen LogP contribution >= 0.6 is 11.3 Å². The van der Waals surface area contributed by atoms with Crippen molar-refractivity contribution in [3.05, 3.63) is 29.6 Å². The maximum Gasteiger partial charge on any atom is 0.250 e. The number of rotatable bonds is 2. The zero-order chi connectivity index (χ0) is 14.6. The Morgan fingerprint density at radius 3 is 2.81 bits per heavy atom. The summed E-state index contributed by atoms with van der Waals surface area (Å²) in [7, 11) is 0. The van der Waals surface area contributed by atoms with E-state index >= 15 is 0 Å². The van der Waals surface area contributed by atoms with Crippen molar-refractivity contribution in [1.82, 2.24) is 5.32 Å². The van der Waals surface area contributed by atoms with Gasteiger partial charge in [0.05, 0.1) is 0 Å². The number of piperazine rings is 1. The fourth-order valence-corrected chi connectivity index (χ4v) is 3.77. The van der Waals surface area contributed by atoms with Crippen LogP contribution in [0.5, 0.6) is 0 Å². The molecular formula is C16H16N2O2S. The summed E-state index contributed by atoms with van der Waals surface area (Å²) >= 11 is 1.68. The van der Waals surface area contributed by atoms with E-state index in [1.807, 2.05) is 29.6 Å². The van der Waals surface area contributed by atoms with Crippen molar-refractivity contribution in [3.8, 4) is 0 Å². The van der Waals surface area contributed by atoms with Crippen LogP contribution in [0.4, 0.5) is 5.69 Å². The summed E-state index contributed by atoms with van der Waals surface area (Å²) < 4.78 is 1.19. The van der Waals surface area contributed by atoms with Gasteiger partial charge in [-0.3, -0.25) is 14.5 Å². The Labute approximate surface area is 126 Å². The minimum Gasteiger partial charge on any atom is -0.342 e. The minimum atomic E-state index is -0.455. The molecule has 0 spiro atoms. The van der Waals surface area contributed by atoms with Crippen molar-refractivity contribution in [1.29, 1.82) is 0 Å². The molecule has 2 amide bonds. The third kappa shape index (κ3) is 2.03. The van der Waals surface area contributed by atoms with Crippen LogP contribution in [-0.4, -0.2) is 23.9 Å². The van der Waals surface area contributed by atoms with Gasteiger partial charge in [0.15, 0.2) is 0 Å². The van der Waals surface area contributed by atoms with E-state index in [1.165, 1.54) is 4.70 Å². The molecule has 5 heteroatoms. The molecule has 2 aliphatic rings. The number of nitrogens with zero attached hydrogens (tertiary/aromatic N) is 1. The van der Waals surface area contributed by atoms with E-state index in [-0.39, 0.29) is 17.9 Å². The number of fused-ring (bicyclic) bond motifs is 1. The van der Waals surface area contributed by atoms with E-state index in [1.54, 1.807) is 23.2 Å². The molecule has 108 valence electrons. The van der Waals surface area contributed by atoms with E-state index in [0.717, 1.165) is 23.9 Å². The van der Waals surface area contributed by atoms with Crippen molar-refractivity contribution in [3.63, 3.8) is 0 Å². The van der Waals surface area contributed by atoms with Crippen molar-refractivity contribution >= 4 is 38.9 Å². The predicted molar refractivity (Wildman–Crippen MR) is 83.4 cm³/mol. The van der Waals surface area contributed by atoms with Gasteiger partial charge in [-0.25, -0.2) is 0 Å². The average Bonchev–Trinajstić information content (AvgIpc) is 3.20. The first-order chi connectivity index (χ1) is 10.1.